The van der Waals surface area contributed by atoms with Crippen molar-refractivity contribution in [3.8, 4) is 0 Å². The van der Waals surface area contributed by atoms with Gasteiger partial charge in [0.1, 0.15) is 0 Å². The molecular weight excluding hydrogens is 264 g/mol. The third-order valence-corrected chi connectivity index (χ3v) is 4.58. The van der Waals surface area contributed by atoms with E-state index < -0.39 is 0 Å². The van der Waals surface area contributed by atoms with Gasteiger partial charge in [-0.3, -0.25) is 4.79 Å². The molecule has 1 fully saturated rings. The predicted octanol–water partition coefficient (Wildman–Crippen LogP) is 2.16. The van der Waals surface area contributed by atoms with Gasteiger partial charge in [-0.1, -0.05) is 31.2 Å². The van der Waals surface area contributed by atoms with Crippen LogP contribution in [0.2, 0.25) is 0 Å². The van der Waals surface area contributed by atoms with Crippen molar-refractivity contribution in [1.29, 1.82) is 0 Å². The molecular formula is C17H26N2O2. The average Bonchev–Trinajstić information content (AvgIpc) is 2.72. The first-order valence-corrected chi connectivity index (χ1v) is 7.62. The molecule has 4 nitrogen and oxygen atoms in total. The summed E-state index contributed by atoms with van der Waals surface area (Å²) in [5.41, 5.74) is 7.82. The molecule has 1 aliphatic rings. The van der Waals surface area contributed by atoms with Gasteiger partial charge in [0.05, 0.1) is 18.1 Å². The van der Waals surface area contributed by atoms with Gasteiger partial charge in [0.15, 0.2) is 0 Å². The number of nitrogens with two attached hydrogens (primary N) is 1. The molecule has 0 bridgehead atoms. The number of carbonyl (C=O) groups excluding carboxylic acids is 1. The average molecular weight is 290 g/mol. The largest absolute Gasteiger partial charge is 0.374 e. The molecule has 1 amide bonds. The predicted molar refractivity (Wildman–Crippen MR) is 83.5 cm³/mol. The first-order chi connectivity index (χ1) is 9.93. The van der Waals surface area contributed by atoms with Gasteiger partial charge in [-0.05, 0) is 30.9 Å². The third kappa shape index (κ3) is 3.44. The fourth-order valence-corrected chi connectivity index (χ4v) is 3.08. The van der Waals surface area contributed by atoms with E-state index in [-0.39, 0.29) is 30.0 Å². The van der Waals surface area contributed by atoms with Crippen molar-refractivity contribution >= 4 is 5.91 Å². The van der Waals surface area contributed by atoms with Gasteiger partial charge in [-0.15, -0.1) is 0 Å². The lowest BCUT2D eigenvalue weighted by Gasteiger charge is -2.25. The zero-order valence-corrected chi connectivity index (χ0v) is 13.4. The van der Waals surface area contributed by atoms with E-state index in [4.69, 9.17) is 10.5 Å². The van der Waals surface area contributed by atoms with Crippen molar-refractivity contribution in [1.82, 2.24) is 4.90 Å². The van der Waals surface area contributed by atoms with Gasteiger partial charge < -0.3 is 15.4 Å². The number of rotatable bonds is 4. The van der Waals surface area contributed by atoms with Gasteiger partial charge in [0.2, 0.25) is 5.91 Å². The van der Waals surface area contributed by atoms with Crippen LogP contribution in [0, 0.1) is 11.8 Å². The molecule has 21 heavy (non-hydrogen) atoms. The number of carbonyl (C=O) groups is 1. The normalized spacial score (nSPS) is 28.6. The number of benzene rings is 1. The standard InChI is InChI=1S/C17H26N2O2/c1-11-12(2)21-13(3)16(11)17(20)19(4)10-15-7-5-14(9-18)6-8-15/h5-8,11-13,16H,9-10,18H2,1-4H3. The number of amides is 1. The van der Waals surface area contributed by atoms with Crippen molar-refractivity contribution in [2.45, 2.75) is 46.1 Å². The molecule has 0 spiro atoms. The van der Waals surface area contributed by atoms with Crippen LogP contribution in [0.3, 0.4) is 0 Å². The molecule has 2 rings (SSSR count). The molecule has 116 valence electrons. The lowest BCUT2D eigenvalue weighted by atomic mass is 9.88. The smallest absolute Gasteiger partial charge is 0.228 e. The first-order valence-electron chi connectivity index (χ1n) is 7.62. The number of nitrogens with zero attached hydrogens (tertiary/aromatic N) is 1. The minimum Gasteiger partial charge on any atom is -0.374 e. The highest BCUT2D eigenvalue weighted by molar-refractivity contribution is 5.79. The third-order valence-electron chi connectivity index (χ3n) is 4.58. The number of hydrogen-bond acceptors (Lipinski definition) is 3. The van der Waals surface area contributed by atoms with Crippen LogP contribution in [0.1, 0.15) is 31.9 Å². The Hall–Kier alpha value is -1.39. The van der Waals surface area contributed by atoms with Gasteiger partial charge in [0.25, 0.3) is 0 Å². The van der Waals surface area contributed by atoms with E-state index in [0.717, 1.165) is 11.1 Å². The van der Waals surface area contributed by atoms with Gasteiger partial charge >= 0.3 is 0 Å². The highest BCUT2D eigenvalue weighted by atomic mass is 16.5. The van der Waals surface area contributed by atoms with Crippen LogP contribution in [-0.2, 0) is 22.6 Å². The molecule has 0 saturated carbocycles. The molecule has 1 aromatic rings. The van der Waals surface area contributed by atoms with E-state index in [1.807, 2.05) is 45.2 Å². The molecule has 1 aliphatic heterocycles. The second-order valence-electron chi connectivity index (χ2n) is 6.15. The molecule has 0 aromatic heterocycles. The van der Waals surface area contributed by atoms with Crippen LogP contribution in [0.25, 0.3) is 0 Å². The van der Waals surface area contributed by atoms with E-state index >= 15 is 0 Å². The van der Waals surface area contributed by atoms with Crippen molar-refractivity contribution in [3.63, 3.8) is 0 Å². The van der Waals surface area contributed by atoms with Crippen LogP contribution >= 0.6 is 0 Å². The summed E-state index contributed by atoms with van der Waals surface area (Å²) >= 11 is 0. The summed E-state index contributed by atoms with van der Waals surface area (Å²) in [5.74, 6) is 0.380. The molecule has 4 unspecified atom stereocenters. The highest BCUT2D eigenvalue weighted by Crippen LogP contribution is 2.33. The fraction of sp³-hybridized carbons (Fsp3) is 0.588. The van der Waals surface area contributed by atoms with Gasteiger partial charge in [-0.25, -0.2) is 0 Å². The fourth-order valence-electron chi connectivity index (χ4n) is 3.08. The Morgan fingerprint density at radius 3 is 2.19 bits per heavy atom. The summed E-state index contributed by atoms with van der Waals surface area (Å²) in [6.45, 7) is 7.29. The lowest BCUT2D eigenvalue weighted by Crippen LogP contribution is -2.38. The lowest BCUT2D eigenvalue weighted by molar-refractivity contribution is -0.137. The maximum absolute atomic E-state index is 12.7. The Morgan fingerprint density at radius 2 is 1.71 bits per heavy atom. The minimum absolute atomic E-state index is 0.00966. The van der Waals surface area contributed by atoms with E-state index in [2.05, 4.69) is 6.92 Å². The Balaban J connectivity index is 2.02. The molecule has 2 N–H and O–H groups in total. The van der Waals surface area contributed by atoms with Crippen molar-refractivity contribution in [3.05, 3.63) is 35.4 Å². The second kappa shape index (κ2) is 6.58. The van der Waals surface area contributed by atoms with E-state index in [0.29, 0.717) is 13.1 Å². The molecule has 1 saturated heterocycles. The summed E-state index contributed by atoms with van der Waals surface area (Å²) in [5, 5.41) is 0. The molecule has 0 aliphatic carbocycles. The summed E-state index contributed by atoms with van der Waals surface area (Å²) in [4.78, 5) is 14.5. The summed E-state index contributed by atoms with van der Waals surface area (Å²) in [7, 11) is 1.86. The molecule has 1 heterocycles. The zero-order chi connectivity index (χ0) is 15.6. The Labute approximate surface area is 127 Å². The maximum atomic E-state index is 12.7. The maximum Gasteiger partial charge on any atom is 0.228 e. The summed E-state index contributed by atoms with van der Waals surface area (Å²) in [6, 6.07) is 8.10. The van der Waals surface area contributed by atoms with Crippen LogP contribution in [0.5, 0.6) is 0 Å². The van der Waals surface area contributed by atoms with Gasteiger partial charge in [0, 0.05) is 20.1 Å². The Bertz CT molecular complexity index is 486. The molecule has 4 heteroatoms. The van der Waals surface area contributed by atoms with E-state index in [1.54, 1.807) is 4.90 Å². The second-order valence-corrected chi connectivity index (χ2v) is 6.15. The SMILES string of the molecule is CC1OC(C)C(C(=O)N(C)Cc2ccc(CN)cc2)C1C. The first kappa shape index (κ1) is 16.0. The molecule has 1 aromatic carbocycles. The highest BCUT2D eigenvalue weighted by Gasteiger charge is 2.42. The molecule has 0 radical (unpaired) electrons. The quantitative estimate of drug-likeness (QED) is 0.924. The summed E-state index contributed by atoms with van der Waals surface area (Å²) in [6.07, 6.45) is 0.135. The van der Waals surface area contributed by atoms with E-state index in [9.17, 15) is 4.79 Å². The molecule has 4 atom stereocenters. The van der Waals surface area contributed by atoms with E-state index in [1.165, 1.54) is 0 Å². The number of ether oxygens (including phenoxy) is 1. The van der Waals surface area contributed by atoms with Crippen molar-refractivity contribution < 1.29 is 9.53 Å². The zero-order valence-electron chi connectivity index (χ0n) is 13.4. The van der Waals surface area contributed by atoms with Crippen LogP contribution in [0.4, 0.5) is 0 Å². The monoisotopic (exact) mass is 290 g/mol. The van der Waals surface area contributed by atoms with Gasteiger partial charge in [-0.2, -0.15) is 0 Å². The van der Waals surface area contributed by atoms with Crippen molar-refractivity contribution in [2.24, 2.45) is 17.6 Å². The Kier molecular flexibility index (Phi) is 5.01. The van der Waals surface area contributed by atoms with Crippen LogP contribution < -0.4 is 5.73 Å². The topological polar surface area (TPSA) is 55.6 Å². The van der Waals surface area contributed by atoms with Crippen LogP contribution in [0.15, 0.2) is 24.3 Å². The number of hydrogen-bond donors (Lipinski definition) is 1. The van der Waals surface area contributed by atoms with Crippen molar-refractivity contribution in [2.75, 3.05) is 7.05 Å². The summed E-state index contributed by atoms with van der Waals surface area (Å²) < 4.78 is 5.78. The Morgan fingerprint density at radius 1 is 1.14 bits per heavy atom. The van der Waals surface area contributed by atoms with Crippen LogP contribution in [-0.4, -0.2) is 30.1 Å². The minimum atomic E-state index is -0.0479.